The zero-order valence-corrected chi connectivity index (χ0v) is 8.29. The van der Waals surface area contributed by atoms with Crippen LogP contribution in [0.2, 0.25) is 0 Å². The molecule has 14 heavy (non-hydrogen) atoms. The van der Waals surface area contributed by atoms with Crippen molar-refractivity contribution in [3.63, 3.8) is 0 Å². The maximum absolute atomic E-state index is 6.36. The Morgan fingerprint density at radius 3 is 2.50 bits per heavy atom. The fourth-order valence-corrected chi connectivity index (χ4v) is 2.32. The summed E-state index contributed by atoms with van der Waals surface area (Å²) in [4.78, 5) is 0. The predicted octanol–water partition coefficient (Wildman–Crippen LogP) is 2.40. The Balaban J connectivity index is 2.45. The average molecular weight is 185 g/mol. The van der Waals surface area contributed by atoms with E-state index in [-0.39, 0.29) is 5.54 Å². The molecule has 0 aliphatic heterocycles. The fourth-order valence-electron chi connectivity index (χ4n) is 2.32. The highest BCUT2D eigenvalue weighted by Gasteiger charge is 2.32. The molecule has 1 aliphatic rings. The number of hydrogen-bond acceptors (Lipinski definition) is 1. The molecule has 1 aromatic rings. The maximum Gasteiger partial charge on any atom is 0.0422 e. The third-order valence-corrected chi connectivity index (χ3v) is 3.11. The molecule has 0 bridgehead atoms. The van der Waals surface area contributed by atoms with Crippen LogP contribution in [0.4, 0.5) is 0 Å². The van der Waals surface area contributed by atoms with Crippen LogP contribution in [0.25, 0.3) is 0 Å². The lowest BCUT2D eigenvalue weighted by atomic mass is 9.86. The molecule has 0 heterocycles. The molecule has 1 fully saturated rings. The van der Waals surface area contributed by atoms with E-state index in [1.165, 1.54) is 12.8 Å². The largest absolute Gasteiger partial charge is 0.321 e. The van der Waals surface area contributed by atoms with E-state index in [0.717, 1.165) is 24.0 Å². The van der Waals surface area contributed by atoms with Crippen molar-refractivity contribution in [3.8, 4) is 12.3 Å². The molecule has 1 saturated carbocycles. The first kappa shape index (κ1) is 9.30. The SMILES string of the molecule is C#Cc1ccccc1C1(N)CCCC1. The summed E-state index contributed by atoms with van der Waals surface area (Å²) in [5.74, 6) is 2.72. The second kappa shape index (κ2) is 3.48. The van der Waals surface area contributed by atoms with Gasteiger partial charge in [0.05, 0.1) is 0 Å². The van der Waals surface area contributed by atoms with Crippen molar-refractivity contribution in [1.82, 2.24) is 0 Å². The van der Waals surface area contributed by atoms with Gasteiger partial charge in [0.1, 0.15) is 0 Å². The van der Waals surface area contributed by atoms with E-state index >= 15 is 0 Å². The number of rotatable bonds is 1. The summed E-state index contributed by atoms with van der Waals surface area (Å²) in [5.41, 5.74) is 8.31. The van der Waals surface area contributed by atoms with E-state index in [0.29, 0.717) is 0 Å². The number of hydrogen-bond donors (Lipinski definition) is 1. The minimum atomic E-state index is -0.164. The minimum absolute atomic E-state index is 0.164. The van der Waals surface area contributed by atoms with Crippen molar-refractivity contribution in [1.29, 1.82) is 0 Å². The first-order valence-electron chi connectivity index (χ1n) is 5.11. The van der Waals surface area contributed by atoms with Gasteiger partial charge in [0.25, 0.3) is 0 Å². The molecule has 2 N–H and O–H groups in total. The van der Waals surface area contributed by atoms with Crippen LogP contribution in [-0.4, -0.2) is 0 Å². The molecule has 72 valence electrons. The molecule has 0 saturated heterocycles. The number of terminal acetylenes is 1. The maximum atomic E-state index is 6.36. The van der Waals surface area contributed by atoms with E-state index in [4.69, 9.17) is 12.2 Å². The first-order chi connectivity index (χ1) is 6.76. The van der Waals surface area contributed by atoms with Gasteiger partial charge in [-0.2, -0.15) is 0 Å². The summed E-state index contributed by atoms with van der Waals surface area (Å²) in [7, 11) is 0. The highest BCUT2D eigenvalue weighted by atomic mass is 14.8. The van der Waals surface area contributed by atoms with E-state index in [9.17, 15) is 0 Å². The van der Waals surface area contributed by atoms with Gasteiger partial charge < -0.3 is 5.73 Å². The summed E-state index contributed by atoms with van der Waals surface area (Å²) >= 11 is 0. The Labute approximate surface area is 85.3 Å². The van der Waals surface area contributed by atoms with Gasteiger partial charge in [0, 0.05) is 11.1 Å². The molecule has 0 spiro atoms. The Morgan fingerprint density at radius 2 is 1.86 bits per heavy atom. The fraction of sp³-hybridized carbons (Fsp3) is 0.385. The summed E-state index contributed by atoms with van der Waals surface area (Å²) in [6, 6.07) is 8.03. The number of nitrogens with two attached hydrogens (primary N) is 1. The summed E-state index contributed by atoms with van der Waals surface area (Å²) in [6.45, 7) is 0. The monoisotopic (exact) mass is 185 g/mol. The quantitative estimate of drug-likeness (QED) is 0.668. The van der Waals surface area contributed by atoms with Gasteiger partial charge in [0.2, 0.25) is 0 Å². The van der Waals surface area contributed by atoms with E-state index < -0.39 is 0 Å². The second-order valence-corrected chi connectivity index (χ2v) is 4.05. The smallest absolute Gasteiger partial charge is 0.0422 e. The Bertz CT molecular complexity index is 367. The van der Waals surface area contributed by atoms with Gasteiger partial charge in [0.15, 0.2) is 0 Å². The molecular formula is C13H15N. The Morgan fingerprint density at radius 1 is 1.21 bits per heavy atom. The van der Waals surface area contributed by atoms with Gasteiger partial charge >= 0.3 is 0 Å². The molecule has 0 unspecified atom stereocenters. The van der Waals surface area contributed by atoms with Crippen LogP contribution in [0.5, 0.6) is 0 Å². The molecule has 2 rings (SSSR count). The molecule has 1 heteroatoms. The van der Waals surface area contributed by atoms with Crippen molar-refractivity contribution in [2.24, 2.45) is 5.73 Å². The summed E-state index contributed by atoms with van der Waals surface area (Å²) in [5, 5.41) is 0. The predicted molar refractivity (Wildman–Crippen MR) is 58.7 cm³/mol. The lowest BCUT2D eigenvalue weighted by Gasteiger charge is -2.25. The van der Waals surface area contributed by atoms with Crippen LogP contribution in [-0.2, 0) is 5.54 Å². The molecule has 1 aliphatic carbocycles. The van der Waals surface area contributed by atoms with Gasteiger partial charge in [-0.15, -0.1) is 6.42 Å². The molecule has 0 aromatic heterocycles. The van der Waals surface area contributed by atoms with E-state index in [1.54, 1.807) is 0 Å². The lowest BCUT2D eigenvalue weighted by molar-refractivity contribution is 0.461. The number of benzene rings is 1. The molecule has 1 nitrogen and oxygen atoms in total. The zero-order valence-electron chi connectivity index (χ0n) is 8.29. The van der Waals surface area contributed by atoms with Crippen LogP contribution >= 0.6 is 0 Å². The topological polar surface area (TPSA) is 26.0 Å². The average Bonchev–Trinajstić information content (AvgIpc) is 2.66. The van der Waals surface area contributed by atoms with Gasteiger partial charge in [-0.05, 0) is 24.5 Å². The van der Waals surface area contributed by atoms with Crippen molar-refractivity contribution in [3.05, 3.63) is 35.4 Å². The lowest BCUT2D eigenvalue weighted by Crippen LogP contribution is -2.33. The van der Waals surface area contributed by atoms with Gasteiger partial charge in [-0.1, -0.05) is 37.0 Å². The Kier molecular flexibility index (Phi) is 2.31. The molecular weight excluding hydrogens is 170 g/mol. The van der Waals surface area contributed by atoms with E-state index in [1.807, 2.05) is 18.2 Å². The second-order valence-electron chi connectivity index (χ2n) is 4.05. The van der Waals surface area contributed by atoms with Crippen LogP contribution in [0.3, 0.4) is 0 Å². The van der Waals surface area contributed by atoms with Crippen LogP contribution in [0, 0.1) is 12.3 Å². The third-order valence-electron chi connectivity index (χ3n) is 3.11. The standard InChI is InChI=1S/C13H15N/c1-2-11-7-3-4-8-12(11)13(14)9-5-6-10-13/h1,3-4,7-8H,5-6,9-10,14H2. The molecule has 0 radical (unpaired) electrons. The molecule has 1 aromatic carbocycles. The van der Waals surface area contributed by atoms with Gasteiger partial charge in [-0.3, -0.25) is 0 Å². The summed E-state index contributed by atoms with van der Waals surface area (Å²) in [6.07, 6.45) is 10.0. The first-order valence-corrected chi connectivity index (χ1v) is 5.11. The highest BCUT2D eigenvalue weighted by molar-refractivity contribution is 5.44. The third kappa shape index (κ3) is 1.42. The van der Waals surface area contributed by atoms with Crippen molar-refractivity contribution < 1.29 is 0 Å². The van der Waals surface area contributed by atoms with Crippen LogP contribution < -0.4 is 5.73 Å². The van der Waals surface area contributed by atoms with Crippen molar-refractivity contribution in [2.75, 3.05) is 0 Å². The highest BCUT2D eigenvalue weighted by Crippen LogP contribution is 2.37. The van der Waals surface area contributed by atoms with Gasteiger partial charge in [-0.25, -0.2) is 0 Å². The van der Waals surface area contributed by atoms with Crippen LogP contribution in [0.1, 0.15) is 36.8 Å². The van der Waals surface area contributed by atoms with E-state index in [2.05, 4.69) is 12.0 Å². The normalized spacial score (nSPS) is 19.1. The molecule has 0 amide bonds. The van der Waals surface area contributed by atoms with Crippen molar-refractivity contribution in [2.45, 2.75) is 31.2 Å². The van der Waals surface area contributed by atoms with Crippen LogP contribution in [0.15, 0.2) is 24.3 Å². The minimum Gasteiger partial charge on any atom is -0.321 e. The Hall–Kier alpha value is -1.26. The zero-order chi connectivity index (χ0) is 10.0. The van der Waals surface area contributed by atoms with Crippen molar-refractivity contribution >= 4 is 0 Å². The molecule has 0 atom stereocenters. The summed E-state index contributed by atoms with van der Waals surface area (Å²) < 4.78 is 0.